The monoisotopic (exact) mass is 364 g/mol. The van der Waals surface area contributed by atoms with Crippen LogP contribution in [0.2, 0.25) is 0 Å². The molecule has 1 N–H and O–H groups in total. The Bertz CT molecular complexity index is 814. The predicted octanol–water partition coefficient (Wildman–Crippen LogP) is 3.15. The molecule has 0 aliphatic rings. The summed E-state index contributed by atoms with van der Waals surface area (Å²) >= 11 is 0. The number of carbonyl (C=O) groups is 1. The van der Waals surface area contributed by atoms with Crippen LogP contribution in [-0.4, -0.2) is 38.1 Å². The van der Waals surface area contributed by atoms with Crippen molar-refractivity contribution < 1.29 is 17.6 Å². The lowest BCUT2D eigenvalue weighted by molar-refractivity contribution is 0.101. The molecule has 0 spiro atoms. The van der Waals surface area contributed by atoms with E-state index in [1.54, 1.807) is 26.0 Å². The molecule has 2 aromatic rings. The van der Waals surface area contributed by atoms with Gasteiger partial charge in [-0.3, -0.25) is 4.79 Å². The Balaban J connectivity index is 2.06. The Morgan fingerprint density at radius 3 is 2.08 bits per heavy atom. The van der Waals surface area contributed by atoms with Gasteiger partial charge in [0, 0.05) is 24.3 Å². The Morgan fingerprint density at radius 1 is 1.00 bits per heavy atom. The molecule has 25 heavy (non-hydrogen) atoms. The minimum atomic E-state index is -3.53. The van der Waals surface area contributed by atoms with Gasteiger partial charge >= 0.3 is 0 Å². The summed E-state index contributed by atoms with van der Waals surface area (Å²) in [6.07, 6.45) is 0. The molecular formula is C18H21FN2O3S. The number of Topliss-reactive ketones (excluding diaryl/α,β-unsaturated/α-hetero) is 1. The van der Waals surface area contributed by atoms with Gasteiger partial charge in [-0.15, -0.1) is 0 Å². The van der Waals surface area contributed by atoms with Gasteiger partial charge in [-0.2, -0.15) is 4.31 Å². The van der Waals surface area contributed by atoms with E-state index in [4.69, 9.17) is 0 Å². The number of hydrogen-bond acceptors (Lipinski definition) is 4. The van der Waals surface area contributed by atoms with Crippen molar-refractivity contribution in [2.75, 3.05) is 25.0 Å². The molecular weight excluding hydrogens is 343 g/mol. The van der Waals surface area contributed by atoms with Gasteiger partial charge in [0.25, 0.3) is 0 Å². The first-order valence-electron chi connectivity index (χ1n) is 8.01. The number of anilines is 1. The lowest BCUT2D eigenvalue weighted by Gasteiger charge is -2.18. The number of rotatable bonds is 8. The first-order chi connectivity index (χ1) is 11.9. The van der Waals surface area contributed by atoms with Gasteiger partial charge in [-0.25, -0.2) is 12.8 Å². The highest BCUT2D eigenvalue weighted by atomic mass is 32.2. The molecule has 0 atom stereocenters. The minimum absolute atomic E-state index is 0.0355. The molecule has 0 amide bonds. The third kappa shape index (κ3) is 4.64. The lowest BCUT2D eigenvalue weighted by Crippen LogP contribution is -2.30. The summed E-state index contributed by atoms with van der Waals surface area (Å²) in [5, 5.41) is 2.91. The number of halogens is 1. The molecule has 0 aliphatic carbocycles. The molecule has 0 unspecified atom stereocenters. The van der Waals surface area contributed by atoms with Crippen molar-refractivity contribution in [2.45, 2.75) is 18.7 Å². The highest BCUT2D eigenvalue weighted by Gasteiger charge is 2.21. The van der Waals surface area contributed by atoms with Crippen molar-refractivity contribution in [3.63, 3.8) is 0 Å². The molecule has 0 heterocycles. The SMILES string of the molecule is CCN(CC)S(=O)(=O)c1ccc(C(=O)CNc2ccc(F)cc2)cc1. The van der Waals surface area contributed by atoms with Crippen LogP contribution in [0.4, 0.5) is 10.1 Å². The first-order valence-corrected chi connectivity index (χ1v) is 9.45. The maximum atomic E-state index is 12.8. The molecule has 2 aromatic carbocycles. The maximum absolute atomic E-state index is 12.8. The second-order valence-corrected chi connectivity index (χ2v) is 7.34. The number of hydrogen-bond donors (Lipinski definition) is 1. The van der Waals surface area contributed by atoms with E-state index in [0.717, 1.165) is 0 Å². The Hall–Kier alpha value is -2.25. The first kappa shape index (κ1) is 19.1. The molecule has 0 saturated heterocycles. The molecule has 0 bridgehead atoms. The average Bonchev–Trinajstić information content (AvgIpc) is 2.62. The van der Waals surface area contributed by atoms with E-state index < -0.39 is 10.0 Å². The highest BCUT2D eigenvalue weighted by molar-refractivity contribution is 7.89. The zero-order chi connectivity index (χ0) is 18.4. The predicted molar refractivity (Wildman–Crippen MR) is 95.8 cm³/mol. The summed E-state index contributed by atoms with van der Waals surface area (Å²) in [4.78, 5) is 12.4. The van der Waals surface area contributed by atoms with Crippen LogP contribution in [0.15, 0.2) is 53.4 Å². The van der Waals surface area contributed by atoms with Crippen molar-refractivity contribution in [3.05, 3.63) is 59.9 Å². The third-order valence-corrected chi connectivity index (χ3v) is 5.88. The summed E-state index contributed by atoms with van der Waals surface area (Å²) in [6.45, 7) is 4.37. The summed E-state index contributed by atoms with van der Waals surface area (Å²) in [6, 6.07) is 11.6. The van der Waals surface area contributed by atoms with Gasteiger partial charge in [-0.05, 0) is 48.5 Å². The molecule has 134 valence electrons. The van der Waals surface area contributed by atoms with E-state index in [1.165, 1.54) is 40.7 Å². The quantitative estimate of drug-likeness (QED) is 0.731. The molecule has 0 aliphatic heterocycles. The molecule has 0 fully saturated rings. The summed E-state index contributed by atoms with van der Waals surface area (Å²) in [5.74, 6) is -0.530. The van der Waals surface area contributed by atoms with Crippen molar-refractivity contribution in [1.29, 1.82) is 0 Å². The number of carbonyl (C=O) groups excluding carboxylic acids is 1. The molecule has 0 saturated carbocycles. The zero-order valence-electron chi connectivity index (χ0n) is 14.2. The average molecular weight is 364 g/mol. The van der Waals surface area contributed by atoms with Crippen LogP contribution in [0.1, 0.15) is 24.2 Å². The fourth-order valence-electron chi connectivity index (χ4n) is 2.38. The Labute approximate surface area is 147 Å². The van der Waals surface area contributed by atoms with E-state index in [1.807, 2.05) is 0 Å². The van der Waals surface area contributed by atoms with Crippen LogP contribution in [0.3, 0.4) is 0 Å². The fourth-order valence-corrected chi connectivity index (χ4v) is 3.84. The van der Waals surface area contributed by atoms with Gasteiger partial charge in [0.1, 0.15) is 5.82 Å². The van der Waals surface area contributed by atoms with Gasteiger partial charge < -0.3 is 5.32 Å². The van der Waals surface area contributed by atoms with Gasteiger partial charge in [0.05, 0.1) is 11.4 Å². The summed E-state index contributed by atoms with van der Waals surface area (Å²) in [7, 11) is -3.53. The van der Waals surface area contributed by atoms with Gasteiger partial charge in [-0.1, -0.05) is 13.8 Å². The topological polar surface area (TPSA) is 66.5 Å². The van der Waals surface area contributed by atoms with Crippen LogP contribution in [0.5, 0.6) is 0 Å². The van der Waals surface area contributed by atoms with Gasteiger partial charge in [0.2, 0.25) is 10.0 Å². The Kier molecular flexibility index (Phi) is 6.27. The van der Waals surface area contributed by atoms with Crippen molar-refractivity contribution in [3.8, 4) is 0 Å². The van der Waals surface area contributed by atoms with Crippen molar-refractivity contribution in [1.82, 2.24) is 4.31 Å². The zero-order valence-corrected chi connectivity index (χ0v) is 15.0. The third-order valence-electron chi connectivity index (χ3n) is 3.82. The lowest BCUT2D eigenvalue weighted by atomic mass is 10.1. The van der Waals surface area contributed by atoms with Crippen LogP contribution >= 0.6 is 0 Å². The highest BCUT2D eigenvalue weighted by Crippen LogP contribution is 2.16. The van der Waals surface area contributed by atoms with Crippen LogP contribution < -0.4 is 5.32 Å². The Morgan fingerprint density at radius 2 is 1.56 bits per heavy atom. The second kappa shape index (κ2) is 8.22. The summed E-state index contributed by atoms with van der Waals surface area (Å²) in [5.41, 5.74) is 1.04. The van der Waals surface area contributed by atoms with E-state index in [-0.39, 0.29) is 23.0 Å². The van der Waals surface area contributed by atoms with Crippen molar-refractivity contribution >= 4 is 21.5 Å². The number of sulfonamides is 1. The molecule has 0 radical (unpaired) electrons. The number of nitrogens with zero attached hydrogens (tertiary/aromatic N) is 1. The standard InChI is InChI=1S/C18H21FN2O3S/c1-3-21(4-2)25(23,24)17-11-5-14(6-12-17)18(22)13-20-16-9-7-15(19)8-10-16/h5-12,20H,3-4,13H2,1-2H3. The van der Waals surface area contributed by atoms with Crippen molar-refractivity contribution in [2.24, 2.45) is 0 Å². The number of nitrogens with one attached hydrogen (secondary N) is 1. The van der Waals surface area contributed by atoms with E-state index in [2.05, 4.69) is 5.32 Å². The normalized spacial score (nSPS) is 11.5. The maximum Gasteiger partial charge on any atom is 0.243 e. The molecule has 5 nitrogen and oxygen atoms in total. The van der Waals surface area contributed by atoms with Crippen LogP contribution in [0, 0.1) is 5.82 Å². The molecule has 2 rings (SSSR count). The minimum Gasteiger partial charge on any atom is -0.378 e. The fraction of sp³-hybridized carbons (Fsp3) is 0.278. The van der Waals surface area contributed by atoms with E-state index in [0.29, 0.717) is 24.3 Å². The largest absolute Gasteiger partial charge is 0.378 e. The van der Waals surface area contributed by atoms with Crippen LogP contribution in [-0.2, 0) is 10.0 Å². The van der Waals surface area contributed by atoms with E-state index >= 15 is 0 Å². The number of benzene rings is 2. The number of ketones is 1. The van der Waals surface area contributed by atoms with Gasteiger partial charge in [0.15, 0.2) is 5.78 Å². The molecule has 7 heteroatoms. The smallest absolute Gasteiger partial charge is 0.243 e. The van der Waals surface area contributed by atoms with Crippen LogP contribution in [0.25, 0.3) is 0 Å². The molecule has 0 aromatic heterocycles. The second-order valence-electron chi connectivity index (χ2n) is 5.40. The van der Waals surface area contributed by atoms with E-state index in [9.17, 15) is 17.6 Å². The summed E-state index contributed by atoms with van der Waals surface area (Å²) < 4.78 is 39.0.